The maximum atomic E-state index is 13.0. The van der Waals surface area contributed by atoms with E-state index in [9.17, 15) is 9.18 Å². The molecule has 1 amide bonds. The van der Waals surface area contributed by atoms with Gasteiger partial charge in [-0.25, -0.2) is 4.39 Å². The summed E-state index contributed by atoms with van der Waals surface area (Å²) in [7, 11) is 0. The number of hydrogen-bond acceptors (Lipinski definition) is 3. The summed E-state index contributed by atoms with van der Waals surface area (Å²) in [6, 6.07) is 7.40. The molecule has 2 rings (SSSR count). The fourth-order valence-corrected chi connectivity index (χ4v) is 1.90. The molecule has 1 heterocycles. The molecule has 0 aliphatic rings. The number of nitrogen functional groups attached to an aromatic ring is 1. The number of amides is 1. The van der Waals surface area contributed by atoms with Crippen molar-refractivity contribution in [1.82, 2.24) is 0 Å². The maximum absolute atomic E-state index is 13.0. The molecular formula is C11H9FN2OS. The predicted molar refractivity (Wildman–Crippen MR) is 63.1 cm³/mol. The van der Waals surface area contributed by atoms with Crippen LogP contribution in [0.1, 0.15) is 9.67 Å². The number of nitrogens with one attached hydrogen (secondary N) is 1. The van der Waals surface area contributed by atoms with Crippen molar-refractivity contribution in [2.45, 2.75) is 0 Å². The van der Waals surface area contributed by atoms with Gasteiger partial charge in [-0.15, -0.1) is 11.3 Å². The van der Waals surface area contributed by atoms with Crippen LogP contribution in [0.15, 0.2) is 35.7 Å². The van der Waals surface area contributed by atoms with Crippen molar-refractivity contribution in [2.75, 3.05) is 11.1 Å². The molecular weight excluding hydrogens is 227 g/mol. The number of thiophene rings is 1. The highest BCUT2D eigenvalue weighted by Gasteiger charge is 2.07. The molecule has 82 valence electrons. The second kappa shape index (κ2) is 4.32. The van der Waals surface area contributed by atoms with Crippen LogP contribution in [-0.4, -0.2) is 5.91 Å². The van der Waals surface area contributed by atoms with Gasteiger partial charge in [0.05, 0.1) is 4.88 Å². The van der Waals surface area contributed by atoms with E-state index in [1.54, 1.807) is 17.5 Å². The predicted octanol–water partition coefficient (Wildman–Crippen LogP) is 2.72. The van der Waals surface area contributed by atoms with E-state index in [4.69, 9.17) is 5.73 Å². The lowest BCUT2D eigenvalue weighted by atomic mass is 10.2. The van der Waals surface area contributed by atoms with Gasteiger partial charge in [-0.3, -0.25) is 4.79 Å². The van der Waals surface area contributed by atoms with Crippen molar-refractivity contribution < 1.29 is 9.18 Å². The highest BCUT2D eigenvalue weighted by atomic mass is 32.1. The van der Waals surface area contributed by atoms with E-state index >= 15 is 0 Å². The second-order valence-electron chi connectivity index (χ2n) is 3.20. The zero-order chi connectivity index (χ0) is 11.5. The number of carbonyl (C=O) groups is 1. The number of rotatable bonds is 2. The van der Waals surface area contributed by atoms with Crippen LogP contribution in [-0.2, 0) is 0 Å². The molecule has 1 aromatic heterocycles. The average molecular weight is 236 g/mol. The van der Waals surface area contributed by atoms with Gasteiger partial charge in [-0.05, 0) is 29.6 Å². The van der Waals surface area contributed by atoms with Crippen molar-refractivity contribution in [2.24, 2.45) is 0 Å². The molecule has 1 aromatic carbocycles. The Labute approximate surface area is 95.7 Å². The first-order chi connectivity index (χ1) is 7.65. The number of nitrogens with two attached hydrogens (primary N) is 1. The summed E-state index contributed by atoms with van der Waals surface area (Å²) in [4.78, 5) is 12.2. The van der Waals surface area contributed by atoms with Crippen LogP contribution in [0.3, 0.4) is 0 Å². The normalized spacial score (nSPS) is 10.1. The molecule has 16 heavy (non-hydrogen) atoms. The lowest BCUT2D eigenvalue weighted by Gasteiger charge is -2.04. The summed E-state index contributed by atoms with van der Waals surface area (Å²) in [5.74, 6) is -0.735. The van der Waals surface area contributed by atoms with Crippen LogP contribution < -0.4 is 11.1 Å². The van der Waals surface area contributed by atoms with Crippen LogP contribution in [0, 0.1) is 5.82 Å². The zero-order valence-electron chi connectivity index (χ0n) is 8.24. The van der Waals surface area contributed by atoms with Crippen molar-refractivity contribution in [3.8, 4) is 0 Å². The Morgan fingerprint density at radius 2 is 2.19 bits per heavy atom. The number of carbonyl (C=O) groups excluding carboxylic acids is 1. The minimum absolute atomic E-state index is 0.264. The molecule has 0 atom stereocenters. The molecule has 0 aliphatic heterocycles. The molecule has 0 unspecified atom stereocenters. The minimum atomic E-state index is -0.471. The van der Waals surface area contributed by atoms with E-state index < -0.39 is 5.82 Å². The van der Waals surface area contributed by atoms with E-state index in [-0.39, 0.29) is 11.6 Å². The Morgan fingerprint density at radius 1 is 1.38 bits per heavy atom. The lowest BCUT2D eigenvalue weighted by Crippen LogP contribution is -2.10. The third-order valence-corrected chi connectivity index (χ3v) is 2.79. The first-order valence-corrected chi connectivity index (χ1v) is 5.44. The van der Waals surface area contributed by atoms with E-state index in [0.29, 0.717) is 10.6 Å². The highest BCUT2D eigenvalue weighted by Crippen LogP contribution is 2.17. The lowest BCUT2D eigenvalue weighted by molar-refractivity contribution is 0.103. The average Bonchev–Trinajstić information content (AvgIpc) is 2.68. The molecule has 0 spiro atoms. The van der Waals surface area contributed by atoms with Crippen molar-refractivity contribution in [1.29, 1.82) is 0 Å². The van der Waals surface area contributed by atoms with Gasteiger partial charge in [0.15, 0.2) is 0 Å². The first kappa shape index (κ1) is 10.6. The number of anilines is 2. The van der Waals surface area contributed by atoms with Crippen molar-refractivity contribution in [3.63, 3.8) is 0 Å². The van der Waals surface area contributed by atoms with Crippen molar-refractivity contribution in [3.05, 3.63) is 46.4 Å². The van der Waals surface area contributed by atoms with Gasteiger partial charge in [0.1, 0.15) is 5.82 Å². The van der Waals surface area contributed by atoms with Crippen LogP contribution in [0.5, 0.6) is 0 Å². The Balaban J connectivity index is 2.18. The molecule has 0 radical (unpaired) electrons. The Bertz CT molecular complexity index is 490. The summed E-state index contributed by atoms with van der Waals surface area (Å²) >= 11 is 1.32. The van der Waals surface area contributed by atoms with Crippen LogP contribution in [0.25, 0.3) is 0 Å². The number of hydrogen-bond donors (Lipinski definition) is 2. The summed E-state index contributed by atoms with van der Waals surface area (Å²) in [6.07, 6.45) is 0. The van der Waals surface area contributed by atoms with Crippen molar-refractivity contribution >= 4 is 28.6 Å². The molecule has 3 nitrogen and oxygen atoms in total. The third-order valence-electron chi connectivity index (χ3n) is 1.92. The quantitative estimate of drug-likeness (QED) is 0.788. The van der Waals surface area contributed by atoms with E-state index in [1.165, 1.54) is 29.5 Å². The molecule has 0 saturated carbocycles. The molecule has 3 N–H and O–H groups in total. The smallest absolute Gasteiger partial charge is 0.265 e. The molecule has 0 bridgehead atoms. The highest BCUT2D eigenvalue weighted by molar-refractivity contribution is 7.12. The van der Waals surface area contributed by atoms with Crippen LogP contribution in [0.4, 0.5) is 15.8 Å². The van der Waals surface area contributed by atoms with E-state index in [0.717, 1.165) is 0 Å². The van der Waals surface area contributed by atoms with Gasteiger partial charge in [0.2, 0.25) is 0 Å². The molecule has 5 heteroatoms. The molecule has 0 saturated heterocycles. The summed E-state index contributed by atoms with van der Waals surface area (Å²) < 4.78 is 13.0. The second-order valence-corrected chi connectivity index (χ2v) is 4.15. The van der Waals surface area contributed by atoms with Gasteiger partial charge >= 0.3 is 0 Å². The van der Waals surface area contributed by atoms with Gasteiger partial charge in [-0.1, -0.05) is 6.07 Å². The summed E-state index contributed by atoms with van der Waals surface area (Å²) in [5.41, 5.74) is 6.10. The monoisotopic (exact) mass is 236 g/mol. The van der Waals surface area contributed by atoms with Gasteiger partial charge < -0.3 is 11.1 Å². The Morgan fingerprint density at radius 3 is 2.81 bits per heavy atom. The van der Waals surface area contributed by atoms with Gasteiger partial charge in [-0.2, -0.15) is 0 Å². The Hall–Kier alpha value is -1.88. The van der Waals surface area contributed by atoms with Gasteiger partial charge in [0.25, 0.3) is 5.91 Å². The first-order valence-electron chi connectivity index (χ1n) is 4.56. The molecule has 0 fully saturated rings. The third kappa shape index (κ3) is 2.38. The fourth-order valence-electron chi connectivity index (χ4n) is 1.28. The molecule has 2 aromatic rings. The standard InChI is InChI=1S/C11H9FN2OS/c12-7-4-8(13)6-9(5-7)14-11(15)10-2-1-3-16-10/h1-6H,13H2,(H,14,15). The number of halogens is 1. The van der Waals surface area contributed by atoms with Crippen LogP contribution >= 0.6 is 11.3 Å². The van der Waals surface area contributed by atoms with Gasteiger partial charge in [0, 0.05) is 11.4 Å². The minimum Gasteiger partial charge on any atom is -0.399 e. The Kier molecular flexibility index (Phi) is 2.87. The largest absolute Gasteiger partial charge is 0.399 e. The maximum Gasteiger partial charge on any atom is 0.265 e. The zero-order valence-corrected chi connectivity index (χ0v) is 9.05. The SMILES string of the molecule is Nc1cc(F)cc(NC(=O)c2cccs2)c1. The summed E-state index contributed by atoms with van der Waals surface area (Å²) in [5, 5.41) is 4.38. The van der Waals surface area contributed by atoms with E-state index in [2.05, 4.69) is 5.32 Å². The number of benzene rings is 1. The molecule has 0 aliphatic carbocycles. The summed E-state index contributed by atoms with van der Waals surface area (Å²) in [6.45, 7) is 0. The topological polar surface area (TPSA) is 55.1 Å². The van der Waals surface area contributed by atoms with Crippen LogP contribution in [0.2, 0.25) is 0 Å². The fraction of sp³-hybridized carbons (Fsp3) is 0. The van der Waals surface area contributed by atoms with E-state index in [1.807, 2.05) is 0 Å².